The fourth-order valence-electron chi connectivity index (χ4n) is 1.34. The zero-order chi connectivity index (χ0) is 14.7. The molecule has 5 nitrogen and oxygen atoms in total. The minimum atomic E-state index is -0.831. The van der Waals surface area contributed by atoms with Gasteiger partial charge in [0, 0.05) is 10.4 Å². The number of halogens is 2. The lowest BCUT2D eigenvalue weighted by molar-refractivity contribution is -0.132. The predicted octanol–water partition coefficient (Wildman–Crippen LogP) is 3.34. The van der Waals surface area contributed by atoms with E-state index in [0.717, 1.165) is 5.69 Å². The second kappa shape index (κ2) is 6.21. The highest BCUT2D eigenvalue weighted by Gasteiger charge is 2.16. The maximum Gasteiger partial charge on any atom is 0.315 e. The number of carbonyl (C=O) groups excluding carboxylic acids is 2. The van der Waals surface area contributed by atoms with Crippen LogP contribution in [0.3, 0.4) is 0 Å². The van der Waals surface area contributed by atoms with Crippen LogP contribution in [0.2, 0.25) is 10.0 Å². The van der Waals surface area contributed by atoms with Gasteiger partial charge in [0.15, 0.2) is 5.13 Å². The SMILES string of the molecule is Cc1csc(NC(=O)C(=O)Nc2ccc(Cl)cc2Cl)n1. The van der Waals surface area contributed by atoms with Crippen molar-refractivity contribution in [1.82, 2.24) is 4.98 Å². The molecule has 0 atom stereocenters. The van der Waals surface area contributed by atoms with Gasteiger partial charge in [0.25, 0.3) is 0 Å². The molecule has 1 aromatic carbocycles. The number of hydrogen-bond donors (Lipinski definition) is 2. The summed E-state index contributed by atoms with van der Waals surface area (Å²) < 4.78 is 0. The zero-order valence-electron chi connectivity index (χ0n) is 10.2. The summed E-state index contributed by atoms with van der Waals surface area (Å²) in [5.74, 6) is -1.65. The maximum atomic E-state index is 11.7. The lowest BCUT2D eigenvalue weighted by Gasteiger charge is -2.06. The van der Waals surface area contributed by atoms with Gasteiger partial charge in [-0.05, 0) is 25.1 Å². The molecule has 2 rings (SSSR count). The molecule has 0 radical (unpaired) electrons. The number of amides is 2. The van der Waals surface area contributed by atoms with E-state index in [9.17, 15) is 9.59 Å². The van der Waals surface area contributed by atoms with Crippen molar-refractivity contribution in [3.63, 3.8) is 0 Å². The lowest BCUT2D eigenvalue weighted by Crippen LogP contribution is -2.29. The van der Waals surface area contributed by atoms with Crippen molar-refractivity contribution in [2.45, 2.75) is 6.92 Å². The Kier molecular flexibility index (Phi) is 4.59. The highest BCUT2D eigenvalue weighted by molar-refractivity contribution is 7.14. The minimum Gasteiger partial charge on any atom is -0.316 e. The number of thiazole rings is 1. The smallest absolute Gasteiger partial charge is 0.315 e. The molecule has 0 fully saturated rings. The van der Waals surface area contributed by atoms with Crippen LogP contribution >= 0.6 is 34.5 Å². The number of hydrogen-bond acceptors (Lipinski definition) is 4. The molecule has 0 saturated heterocycles. The zero-order valence-corrected chi connectivity index (χ0v) is 12.6. The second-order valence-electron chi connectivity index (χ2n) is 3.83. The maximum absolute atomic E-state index is 11.7. The third-order valence-electron chi connectivity index (χ3n) is 2.23. The summed E-state index contributed by atoms with van der Waals surface area (Å²) in [7, 11) is 0. The van der Waals surface area contributed by atoms with E-state index in [1.807, 2.05) is 0 Å². The molecular weight excluding hydrogens is 321 g/mol. The first-order valence-electron chi connectivity index (χ1n) is 5.45. The van der Waals surface area contributed by atoms with Gasteiger partial charge >= 0.3 is 11.8 Å². The molecule has 20 heavy (non-hydrogen) atoms. The summed E-state index contributed by atoms with van der Waals surface area (Å²) in [6.07, 6.45) is 0. The van der Waals surface area contributed by atoms with E-state index in [0.29, 0.717) is 15.8 Å². The number of benzene rings is 1. The Hall–Kier alpha value is -1.63. The van der Waals surface area contributed by atoms with E-state index in [1.54, 1.807) is 18.4 Å². The molecule has 0 aliphatic heterocycles. The summed E-state index contributed by atoms with van der Waals surface area (Å²) in [5, 5.41) is 7.63. The fourth-order valence-corrected chi connectivity index (χ4v) is 2.47. The van der Waals surface area contributed by atoms with Crippen LogP contribution in [0.15, 0.2) is 23.6 Å². The molecule has 0 saturated carbocycles. The van der Waals surface area contributed by atoms with E-state index in [1.165, 1.54) is 23.5 Å². The van der Waals surface area contributed by atoms with Crippen LogP contribution in [-0.2, 0) is 9.59 Å². The first kappa shape index (κ1) is 14.8. The standard InChI is InChI=1S/C12H9Cl2N3O2S/c1-6-5-20-12(15-6)17-11(19)10(18)16-9-3-2-7(13)4-8(9)14/h2-5H,1H3,(H,16,18)(H,15,17,19). The average molecular weight is 330 g/mol. The first-order chi connectivity index (χ1) is 9.45. The number of rotatable bonds is 2. The molecule has 2 amide bonds. The Morgan fingerprint density at radius 2 is 1.90 bits per heavy atom. The minimum absolute atomic E-state index is 0.253. The fraction of sp³-hybridized carbons (Fsp3) is 0.0833. The number of aryl methyl sites for hydroxylation is 1. The van der Waals surface area contributed by atoms with E-state index >= 15 is 0 Å². The van der Waals surface area contributed by atoms with E-state index < -0.39 is 11.8 Å². The number of nitrogens with one attached hydrogen (secondary N) is 2. The molecule has 2 aromatic rings. The summed E-state index contributed by atoms with van der Waals surface area (Å²) in [6.45, 7) is 1.79. The monoisotopic (exact) mass is 329 g/mol. The van der Waals surface area contributed by atoms with Crippen molar-refractivity contribution >= 4 is 57.2 Å². The van der Waals surface area contributed by atoms with E-state index in [4.69, 9.17) is 23.2 Å². The van der Waals surface area contributed by atoms with Crippen LogP contribution < -0.4 is 10.6 Å². The van der Waals surface area contributed by atoms with Gasteiger partial charge in [0.05, 0.1) is 16.4 Å². The Morgan fingerprint density at radius 3 is 2.50 bits per heavy atom. The van der Waals surface area contributed by atoms with Crippen LogP contribution in [-0.4, -0.2) is 16.8 Å². The number of nitrogens with zero attached hydrogens (tertiary/aromatic N) is 1. The summed E-state index contributed by atoms with van der Waals surface area (Å²) in [6, 6.07) is 4.55. The van der Waals surface area contributed by atoms with Crippen molar-refractivity contribution in [1.29, 1.82) is 0 Å². The summed E-state index contributed by atoms with van der Waals surface area (Å²) in [5.41, 5.74) is 1.08. The van der Waals surface area contributed by atoms with Gasteiger partial charge in [-0.15, -0.1) is 11.3 Å². The lowest BCUT2D eigenvalue weighted by atomic mass is 10.3. The van der Waals surface area contributed by atoms with Crippen LogP contribution in [0, 0.1) is 6.92 Å². The topological polar surface area (TPSA) is 71.1 Å². The summed E-state index contributed by atoms with van der Waals surface area (Å²) in [4.78, 5) is 27.4. The van der Waals surface area contributed by atoms with Crippen molar-refractivity contribution in [3.8, 4) is 0 Å². The largest absolute Gasteiger partial charge is 0.316 e. The van der Waals surface area contributed by atoms with Crippen molar-refractivity contribution in [2.75, 3.05) is 10.6 Å². The van der Waals surface area contributed by atoms with E-state index in [-0.39, 0.29) is 5.02 Å². The number of aromatic nitrogens is 1. The van der Waals surface area contributed by atoms with Gasteiger partial charge in [0.2, 0.25) is 0 Å². The number of carbonyl (C=O) groups is 2. The summed E-state index contributed by atoms with van der Waals surface area (Å²) >= 11 is 12.9. The molecule has 0 unspecified atom stereocenters. The highest BCUT2D eigenvalue weighted by atomic mass is 35.5. The van der Waals surface area contributed by atoms with Gasteiger partial charge < -0.3 is 5.32 Å². The molecule has 0 bridgehead atoms. The third-order valence-corrected chi connectivity index (χ3v) is 3.65. The molecule has 1 aromatic heterocycles. The Labute approximate surface area is 128 Å². The van der Waals surface area contributed by atoms with Gasteiger partial charge in [-0.25, -0.2) is 4.98 Å². The Balaban J connectivity index is 2.02. The molecule has 1 heterocycles. The van der Waals surface area contributed by atoms with Crippen LogP contribution in [0.5, 0.6) is 0 Å². The third kappa shape index (κ3) is 3.69. The van der Waals surface area contributed by atoms with Crippen molar-refractivity contribution < 1.29 is 9.59 Å². The molecule has 104 valence electrons. The average Bonchev–Trinajstić information content (AvgIpc) is 2.78. The van der Waals surface area contributed by atoms with Gasteiger partial charge in [0.1, 0.15) is 0 Å². The quantitative estimate of drug-likeness (QED) is 0.830. The first-order valence-corrected chi connectivity index (χ1v) is 7.09. The molecule has 2 N–H and O–H groups in total. The molecule has 8 heteroatoms. The molecule has 0 aliphatic rings. The molecule has 0 aliphatic carbocycles. The number of anilines is 2. The van der Waals surface area contributed by atoms with Crippen LogP contribution in [0.25, 0.3) is 0 Å². The van der Waals surface area contributed by atoms with Crippen molar-refractivity contribution in [2.24, 2.45) is 0 Å². The van der Waals surface area contributed by atoms with E-state index in [2.05, 4.69) is 15.6 Å². The molecule has 0 spiro atoms. The van der Waals surface area contributed by atoms with Gasteiger partial charge in [-0.3, -0.25) is 14.9 Å². The van der Waals surface area contributed by atoms with Crippen molar-refractivity contribution in [3.05, 3.63) is 39.3 Å². The van der Waals surface area contributed by atoms with Gasteiger partial charge in [-0.2, -0.15) is 0 Å². The molecular formula is C12H9Cl2N3O2S. The van der Waals surface area contributed by atoms with Crippen LogP contribution in [0.1, 0.15) is 5.69 Å². The Bertz CT molecular complexity index is 672. The van der Waals surface area contributed by atoms with Crippen LogP contribution in [0.4, 0.5) is 10.8 Å². The second-order valence-corrected chi connectivity index (χ2v) is 5.53. The predicted molar refractivity (Wildman–Crippen MR) is 80.6 cm³/mol. The highest BCUT2D eigenvalue weighted by Crippen LogP contribution is 2.25. The normalized spacial score (nSPS) is 10.2. The van der Waals surface area contributed by atoms with Gasteiger partial charge in [-0.1, -0.05) is 23.2 Å². The Morgan fingerprint density at radius 1 is 1.20 bits per heavy atom.